The Kier molecular flexibility index (Phi) is 5.63. The van der Waals surface area contributed by atoms with E-state index in [0.29, 0.717) is 18.0 Å². The van der Waals surface area contributed by atoms with Gasteiger partial charge >= 0.3 is 0 Å². The SMILES string of the molecule is O=C(NCCCCCCl)c1ccc(O)c(O)c1. The standard InChI is InChI=1S/C12H16ClNO3/c13-6-2-1-3-7-14-12(17)9-4-5-10(15)11(16)8-9/h4-5,8,15-16H,1-3,6-7H2,(H,14,17). The number of carbonyl (C=O) groups excluding carboxylic acids is 1. The lowest BCUT2D eigenvalue weighted by Crippen LogP contribution is -2.24. The molecule has 0 aliphatic rings. The average Bonchev–Trinajstić information content (AvgIpc) is 2.32. The third-order valence-corrected chi connectivity index (χ3v) is 2.60. The maximum atomic E-state index is 11.6. The highest BCUT2D eigenvalue weighted by Gasteiger charge is 2.07. The van der Waals surface area contributed by atoms with Gasteiger partial charge in [-0.15, -0.1) is 11.6 Å². The normalized spacial score (nSPS) is 10.2. The maximum absolute atomic E-state index is 11.6. The number of phenolic OH excluding ortho intramolecular Hbond substituents is 2. The molecular weight excluding hydrogens is 242 g/mol. The Labute approximate surface area is 105 Å². The number of hydrogen-bond acceptors (Lipinski definition) is 3. The Morgan fingerprint density at radius 2 is 1.94 bits per heavy atom. The van der Waals surface area contributed by atoms with Gasteiger partial charge in [-0.1, -0.05) is 6.42 Å². The van der Waals surface area contributed by atoms with E-state index in [1.807, 2.05) is 0 Å². The highest BCUT2D eigenvalue weighted by Crippen LogP contribution is 2.24. The van der Waals surface area contributed by atoms with E-state index in [9.17, 15) is 9.90 Å². The second kappa shape index (κ2) is 7.01. The first-order chi connectivity index (χ1) is 8.15. The van der Waals surface area contributed by atoms with Crippen molar-refractivity contribution in [2.75, 3.05) is 12.4 Å². The molecule has 0 bridgehead atoms. The van der Waals surface area contributed by atoms with Crippen LogP contribution in [0.2, 0.25) is 0 Å². The molecule has 3 N–H and O–H groups in total. The summed E-state index contributed by atoms with van der Waals surface area (Å²) in [7, 11) is 0. The molecule has 0 radical (unpaired) electrons. The summed E-state index contributed by atoms with van der Waals surface area (Å²) in [4.78, 5) is 11.6. The minimum atomic E-state index is -0.292. The number of nitrogens with one attached hydrogen (secondary N) is 1. The molecular formula is C12H16ClNO3. The third-order valence-electron chi connectivity index (χ3n) is 2.33. The fourth-order valence-corrected chi connectivity index (χ4v) is 1.55. The molecule has 0 spiro atoms. The van der Waals surface area contributed by atoms with Crippen LogP contribution in [-0.4, -0.2) is 28.5 Å². The highest BCUT2D eigenvalue weighted by atomic mass is 35.5. The monoisotopic (exact) mass is 257 g/mol. The van der Waals surface area contributed by atoms with Crippen molar-refractivity contribution in [2.45, 2.75) is 19.3 Å². The minimum Gasteiger partial charge on any atom is -0.504 e. The van der Waals surface area contributed by atoms with E-state index in [4.69, 9.17) is 16.7 Å². The lowest BCUT2D eigenvalue weighted by atomic mass is 10.2. The summed E-state index contributed by atoms with van der Waals surface area (Å²) in [5.41, 5.74) is 0.331. The van der Waals surface area contributed by atoms with Crippen molar-refractivity contribution in [3.05, 3.63) is 23.8 Å². The molecule has 0 aromatic heterocycles. The predicted octanol–water partition coefficient (Wildman–Crippen LogP) is 2.24. The van der Waals surface area contributed by atoms with Gasteiger partial charge in [-0.3, -0.25) is 4.79 Å². The van der Waals surface area contributed by atoms with Crippen molar-refractivity contribution in [3.8, 4) is 11.5 Å². The molecule has 1 aromatic rings. The van der Waals surface area contributed by atoms with Gasteiger partial charge in [0, 0.05) is 18.0 Å². The van der Waals surface area contributed by atoms with Crippen molar-refractivity contribution < 1.29 is 15.0 Å². The fraction of sp³-hybridized carbons (Fsp3) is 0.417. The van der Waals surface area contributed by atoms with Crippen LogP contribution in [0.15, 0.2) is 18.2 Å². The van der Waals surface area contributed by atoms with Crippen LogP contribution in [0.1, 0.15) is 29.6 Å². The van der Waals surface area contributed by atoms with Crippen molar-refractivity contribution in [2.24, 2.45) is 0 Å². The summed E-state index contributed by atoms with van der Waals surface area (Å²) in [6.45, 7) is 0.581. The summed E-state index contributed by atoms with van der Waals surface area (Å²) < 4.78 is 0. The van der Waals surface area contributed by atoms with Crippen molar-refractivity contribution >= 4 is 17.5 Å². The Bertz CT molecular complexity index is 382. The van der Waals surface area contributed by atoms with Crippen LogP contribution < -0.4 is 5.32 Å². The van der Waals surface area contributed by atoms with Crippen LogP contribution in [-0.2, 0) is 0 Å². The number of carbonyl (C=O) groups is 1. The molecule has 0 unspecified atom stereocenters. The van der Waals surface area contributed by atoms with E-state index < -0.39 is 0 Å². The zero-order valence-electron chi connectivity index (χ0n) is 9.45. The Morgan fingerprint density at radius 3 is 2.59 bits per heavy atom. The molecule has 0 heterocycles. The minimum absolute atomic E-state index is 0.233. The van der Waals surface area contributed by atoms with Crippen LogP contribution in [0, 0.1) is 0 Å². The number of unbranched alkanes of at least 4 members (excludes halogenated alkanes) is 2. The molecule has 94 valence electrons. The van der Waals surface area contributed by atoms with Gasteiger partial charge in [0.2, 0.25) is 0 Å². The fourth-order valence-electron chi connectivity index (χ4n) is 1.36. The quantitative estimate of drug-likeness (QED) is 0.416. The van der Waals surface area contributed by atoms with E-state index >= 15 is 0 Å². The van der Waals surface area contributed by atoms with Crippen molar-refractivity contribution in [1.82, 2.24) is 5.32 Å². The number of amides is 1. The number of halogens is 1. The van der Waals surface area contributed by atoms with E-state index in [1.165, 1.54) is 18.2 Å². The molecule has 0 saturated carbocycles. The molecule has 0 aliphatic carbocycles. The molecule has 4 nitrogen and oxygen atoms in total. The smallest absolute Gasteiger partial charge is 0.251 e. The zero-order valence-corrected chi connectivity index (χ0v) is 10.2. The van der Waals surface area contributed by atoms with E-state index in [1.54, 1.807) is 0 Å². The second-order valence-electron chi connectivity index (χ2n) is 3.71. The Hall–Kier alpha value is -1.42. The summed E-state index contributed by atoms with van der Waals surface area (Å²) in [5, 5.41) is 21.1. The predicted molar refractivity (Wildman–Crippen MR) is 66.7 cm³/mol. The first-order valence-electron chi connectivity index (χ1n) is 5.51. The van der Waals surface area contributed by atoms with Gasteiger partial charge in [0.05, 0.1) is 0 Å². The van der Waals surface area contributed by atoms with Gasteiger partial charge in [-0.25, -0.2) is 0 Å². The molecule has 17 heavy (non-hydrogen) atoms. The summed E-state index contributed by atoms with van der Waals surface area (Å²) in [6.07, 6.45) is 2.80. The molecule has 0 atom stereocenters. The molecule has 1 aromatic carbocycles. The van der Waals surface area contributed by atoms with Crippen molar-refractivity contribution in [3.63, 3.8) is 0 Å². The number of aromatic hydroxyl groups is 2. The molecule has 1 rings (SSSR count). The first-order valence-corrected chi connectivity index (χ1v) is 6.04. The van der Waals surface area contributed by atoms with Gasteiger partial charge in [0.15, 0.2) is 11.5 Å². The van der Waals surface area contributed by atoms with Crippen LogP contribution in [0.5, 0.6) is 11.5 Å². The zero-order chi connectivity index (χ0) is 12.7. The van der Waals surface area contributed by atoms with Gasteiger partial charge in [-0.2, -0.15) is 0 Å². The Morgan fingerprint density at radius 1 is 1.18 bits per heavy atom. The Balaban J connectivity index is 2.39. The van der Waals surface area contributed by atoms with Gasteiger partial charge in [0.25, 0.3) is 5.91 Å². The van der Waals surface area contributed by atoms with Crippen LogP contribution >= 0.6 is 11.6 Å². The van der Waals surface area contributed by atoms with Gasteiger partial charge in [0.1, 0.15) is 0 Å². The first kappa shape index (κ1) is 13.6. The number of alkyl halides is 1. The van der Waals surface area contributed by atoms with Crippen molar-refractivity contribution in [1.29, 1.82) is 0 Å². The summed E-state index contributed by atoms with van der Waals surface area (Å²) >= 11 is 5.53. The van der Waals surface area contributed by atoms with Gasteiger partial charge in [-0.05, 0) is 31.0 Å². The molecule has 0 aliphatic heterocycles. The average molecular weight is 258 g/mol. The van der Waals surface area contributed by atoms with Crippen LogP contribution in [0.4, 0.5) is 0 Å². The number of hydrogen-bond donors (Lipinski definition) is 3. The summed E-state index contributed by atoms with van der Waals surface area (Å²) in [5.74, 6) is -0.144. The molecule has 0 saturated heterocycles. The number of benzene rings is 1. The van der Waals surface area contributed by atoms with Crippen LogP contribution in [0.3, 0.4) is 0 Å². The van der Waals surface area contributed by atoms with E-state index in [2.05, 4.69) is 5.32 Å². The highest BCUT2D eigenvalue weighted by molar-refractivity contribution is 6.17. The molecule has 1 amide bonds. The van der Waals surface area contributed by atoms with Crippen LogP contribution in [0.25, 0.3) is 0 Å². The maximum Gasteiger partial charge on any atom is 0.251 e. The molecule has 0 fully saturated rings. The van der Waals surface area contributed by atoms with Gasteiger partial charge < -0.3 is 15.5 Å². The lowest BCUT2D eigenvalue weighted by molar-refractivity contribution is 0.0952. The van der Waals surface area contributed by atoms with E-state index in [-0.39, 0.29) is 17.4 Å². The summed E-state index contributed by atoms with van der Waals surface area (Å²) in [6, 6.07) is 3.99. The topological polar surface area (TPSA) is 69.6 Å². The number of phenols is 2. The molecule has 5 heteroatoms. The second-order valence-corrected chi connectivity index (χ2v) is 4.09. The lowest BCUT2D eigenvalue weighted by Gasteiger charge is -2.05. The number of rotatable bonds is 6. The third kappa shape index (κ3) is 4.53. The van der Waals surface area contributed by atoms with E-state index in [0.717, 1.165) is 19.3 Å². The largest absolute Gasteiger partial charge is 0.504 e.